The summed E-state index contributed by atoms with van der Waals surface area (Å²) in [6, 6.07) is 25.6. The number of aromatic nitrogens is 2. The van der Waals surface area contributed by atoms with Crippen molar-refractivity contribution in [1.29, 1.82) is 0 Å². The molecule has 0 aliphatic carbocycles. The van der Waals surface area contributed by atoms with Crippen LogP contribution in [0.2, 0.25) is 0 Å². The third-order valence-electron chi connectivity index (χ3n) is 5.40. The van der Waals surface area contributed by atoms with Crippen molar-refractivity contribution >= 4 is 33.4 Å². The highest BCUT2D eigenvalue weighted by Crippen LogP contribution is 2.29. The van der Waals surface area contributed by atoms with Gasteiger partial charge in [-0.25, -0.2) is 0 Å². The molecule has 5 nitrogen and oxygen atoms in total. The fraction of sp³-hybridized carbons (Fsp3) is 0.0800. The second-order valence-corrected chi connectivity index (χ2v) is 7.28. The molecule has 0 aliphatic heterocycles. The van der Waals surface area contributed by atoms with E-state index in [1.165, 1.54) is 0 Å². The van der Waals surface area contributed by atoms with E-state index >= 15 is 0 Å². The first kappa shape index (κ1) is 18.1. The summed E-state index contributed by atoms with van der Waals surface area (Å²) >= 11 is 0. The minimum absolute atomic E-state index is 0.163. The lowest BCUT2D eigenvalue weighted by atomic mass is 10.2. The van der Waals surface area contributed by atoms with Crippen molar-refractivity contribution in [1.82, 2.24) is 9.13 Å². The molecule has 0 saturated heterocycles. The molecule has 0 unspecified atom stereocenters. The van der Waals surface area contributed by atoms with Crippen LogP contribution in [-0.2, 0) is 7.05 Å². The zero-order valence-electron chi connectivity index (χ0n) is 16.8. The number of methoxy groups -OCH3 is 1. The van der Waals surface area contributed by atoms with Gasteiger partial charge in [0.2, 0.25) is 0 Å². The maximum atomic E-state index is 13.3. The Morgan fingerprint density at radius 1 is 0.867 bits per heavy atom. The van der Waals surface area contributed by atoms with Gasteiger partial charge in [-0.15, -0.1) is 0 Å². The van der Waals surface area contributed by atoms with E-state index in [4.69, 9.17) is 4.74 Å². The summed E-state index contributed by atoms with van der Waals surface area (Å²) in [7, 11) is 3.65. The summed E-state index contributed by atoms with van der Waals surface area (Å²) in [6.45, 7) is 0. The summed E-state index contributed by atoms with van der Waals surface area (Å²) in [6.07, 6.45) is 2.01. The highest BCUT2D eigenvalue weighted by atomic mass is 16.5. The molecule has 5 heteroatoms. The Kier molecular flexibility index (Phi) is 4.29. The number of para-hydroxylation sites is 1. The molecule has 0 saturated carbocycles. The first-order valence-corrected chi connectivity index (χ1v) is 9.75. The van der Waals surface area contributed by atoms with Crippen molar-refractivity contribution < 1.29 is 9.53 Å². The number of anilines is 1. The fourth-order valence-corrected chi connectivity index (χ4v) is 3.90. The first-order valence-electron chi connectivity index (χ1n) is 9.75. The normalized spacial score (nSPS) is 11.1. The number of hydrogen-bond acceptors (Lipinski definition) is 2. The Morgan fingerprint density at radius 2 is 1.67 bits per heavy atom. The summed E-state index contributed by atoms with van der Waals surface area (Å²) in [5.74, 6) is 0.596. The number of rotatable bonds is 4. The molecule has 0 aliphatic rings. The van der Waals surface area contributed by atoms with Crippen LogP contribution in [0.1, 0.15) is 10.5 Å². The molecule has 0 fully saturated rings. The SMILES string of the molecule is COc1ccc2c(c1)cc(C(=O)Nc1ccc3c(ccn3C)c1)n2-c1ccccc1. The van der Waals surface area contributed by atoms with E-state index in [9.17, 15) is 4.79 Å². The predicted octanol–water partition coefficient (Wildman–Crippen LogP) is 5.38. The minimum Gasteiger partial charge on any atom is -0.497 e. The highest BCUT2D eigenvalue weighted by molar-refractivity contribution is 6.08. The van der Waals surface area contributed by atoms with E-state index in [2.05, 4.69) is 9.88 Å². The van der Waals surface area contributed by atoms with Crippen LogP contribution < -0.4 is 10.1 Å². The third kappa shape index (κ3) is 3.01. The van der Waals surface area contributed by atoms with Crippen molar-refractivity contribution in [3.05, 3.63) is 90.8 Å². The summed E-state index contributed by atoms with van der Waals surface area (Å²) in [4.78, 5) is 13.3. The molecular formula is C25H21N3O2. The second kappa shape index (κ2) is 7.12. The van der Waals surface area contributed by atoms with Gasteiger partial charge in [0.15, 0.2) is 0 Å². The Morgan fingerprint density at radius 3 is 2.47 bits per heavy atom. The number of carbonyl (C=O) groups excluding carboxylic acids is 1. The van der Waals surface area contributed by atoms with E-state index in [0.29, 0.717) is 5.69 Å². The van der Waals surface area contributed by atoms with E-state index < -0.39 is 0 Å². The van der Waals surface area contributed by atoms with Crippen LogP contribution in [0.15, 0.2) is 85.1 Å². The maximum Gasteiger partial charge on any atom is 0.272 e. The first-order chi connectivity index (χ1) is 14.6. The molecule has 0 radical (unpaired) electrons. The minimum atomic E-state index is -0.163. The van der Waals surface area contributed by atoms with E-state index in [0.717, 1.165) is 38.9 Å². The number of benzene rings is 3. The number of nitrogens with zero attached hydrogens (tertiary/aromatic N) is 2. The molecule has 0 bridgehead atoms. The zero-order chi connectivity index (χ0) is 20.7. The van der Waals surface area contributed by atoms with Crippen molar-refractivity contribution in [2.24, 2.45) is 7.05 Å². The van der Waals surface area contributed by atoms with Crippen molar-refractivity contribution in [3.63, 3.8) is 0 Å². The van der Waals surface area contributed by atoms with Crippen LogP contribution in [0.5, 0.6) is 5.75 Å². The topological polar surface area (TPSA) is 48.2 Å². The van der Waals surface area contributed by atoms with Gasteiger partial charge in [-0.2, -0.15) is 0 Å². The van der Waals surface area contributed by atoms with Crippen molar-refractivity contribution in [2.45, 2.75) is 0 Å². The van der Waals surface area contributed by atoms with Crippen LogP contribution in [0, 0.1) is 0 Å². The monoisotopic (exact) mass is 395 g/mol. The number of aryl methyl sites for hydroxylation is 1. The van der Waals surface area contributed by atoms with Gasteiger partial charge in [0.05, 0.1) is 12.6 Å². The number of amides is 1. The number of fused-ring (bicyclic) bond motifs is 2. The van der Waals surface area contributed by atoms with Gasteiger partial charge in [-0.05, 0) is 60.7 Å². The average molecular weight is 395 g/mol. The highest BCUT2D eigenvalue weighted by Gasteiger charge is 2.18. The summed E-state index contributed by atoms with van der Waals surface area (Å²) in [5.41, 5.74) is 4.34. The van der Waals surface area contributed by atoms with Crippen LogP contribution >= 0.6 is 0 Å². The lowest BCUT2D eigenvalue weighted by molar-refractivity contribution is 0.102. The Balaban J connectivity index is 1.60. The molecule has 3 aromatic carbocycles. The molecule has 0 atom stereocenters. The van der Waals surface area contributed by atoms with E-state index in [-0.39, 0.29) is 5.91 Å². The Bertz CT molecular complexity index is 1380. The molecule has 5 rings (SSSR count). The van der Waals surface area contributed by atoms with Crippen LogP contribution in [0.3, 0.4) is 0 Å². The smallest absolute Gasteiger partial charge is 0.272 e. The second-order valence-electron chi connectivity index (χ2n) is 7.28. The average Bonchev–Trinajstić information content (AvgIpc) is 3.34. The molecule has 2 heterocycles. The molecule has 0 spiro atoms. The molecule has 148 valence electrons. The number of nitrogens with one attached hydrogen (secondary N) is 1. The molecule has 2 aromatic heterocycles. The lowest BCUT2D eigenvalue weighted by Gasteiger charge is -2.12. The van der Waals surface area contributed by atoms with Gasteiger partial charge in [-0.1, -0.05) is 18.2 Å². The van der Waals surface area contributed by atoms with Gasteiger partial charge in [-0.3, -0.25) is 4.79 Å². The molecule has 1 N–H and O–H groups in total. The van der Waals surface area contributed by atoms with Crippen LogP contribution in [0.25, 0.3) is 27.5 Å². The van der Waals surface area contributed by atoms with Gasteiger partial charge in [0, 0.05) is 40.9 Å². The Hall–Kier alpha value is -3.99. The van der Waals surface area contributed by atoms with E-state index in [1.54, 1.807) is 7.11 Å². The van der Waals surface area contributed by atoms with Gasteiger partial charge < -0.3 is 19.2 Å². The van der Waals surface area contributed by atoms with Crippen LogP contribution in [0.4, 0.5) is 5.69 Å². The molecule has 5 aromatic rings. The standard InChI is InChI=1S/C25H21N3O2/c1-27-13-12-17-14-19(8-10-22(17)27)26-25(29)24-16-18-15-21(30-2)9-11-23(18)28(24)20-6-4-3-5-7-20/h3-16H,1-2H3,(H,26,29). The maximum absolute atomic E-state index is 13.3. The number of ether oxygens (including phenoxy) is 1. The molecular weight excluding hydrogens is 374 g/mol. The fourth-order valence-electron chi connectivity index (χ4n) is 3.90. The number of hydrogen-bond donors (Lipinski definition) is 1. The van der Waals surface area contributed by atoms with Gasteiger partial charge in [0.1, 0.15) is 11.4 Å². The number of carbonyl (C=O) groups is 1. The largest absolute Gasteiger partial charge is 0.497 e. The van der Waals surface area contributed by atoms with Gasteiger partial charge >= 0.3 is 0 Å². The zero-order valence-corrected chi connectivity index (χ0v) is 16.8. The molecule has 30 heavy (non-hydrogen) atoms. The molecule has 1 amide bonds. The third-order valence-corrected chi connectivity index (χ3v) is 5.40. The predicted molar refractivity (Wildman–Crippen MR) is 121 cm³/mol. The van der Waals surface area contributed by atoms with Crippen LogP contribution in [-0.4, -0.2) is 22.2 Å². The Labute approximate surface area is 174 Å². The van der Waals surface area contributed by atoms with E-state index in [1.807, 2.05) is 96.7 Å². The summed E-state index contributed by atoms with van der Waals surface area (Å²) in [5, 5.41) is 5.09. The van der Waals surface area contributed by atoms with Crippen molar-refractivity contribution in [2.75, 3.05) is 12.4 Å². The lowest BCUT2D eigenvalue weighted by Crippen LogP contribution is -2.16. The van der Waals surface area contributed by atoms with Gasteiger partial charge in [0.25, 0.3) is 5.91 Å². The quantitative estimate of drug-likeness (QED) is 0.444. The van der Waals surface area contributed by atoms with Crippen molar-refractivity contribution in [3.8, 4) is 11.4 Å². The summed E-state index contributed by atoms with van der Waals surface area (Å²) < 4.78 is 9.40.